The fourth-order valence-corrected chi connectivity index (χ4v) is 7.89. The standard InChI is InChI=1S/C31H45N5O3SSi/c1-21-18-34(19-22(2)36(21)23(3)37)20-26-17-27-28(40-26)30(35-12-14-38-15-13-35)33-29(32-27)24-10-9-11-25(16-24)39-41(7,8)31(4,5)6/h9-11,16-17,21-22H,12-15,18-20H2,1-8H3/t21-,22+. The molecule has 1 aromatic carbocycles. The molecule has 0 spiro atoms. The molecular weight excluding hydrogens is 551 g/mol. The van der Waals surface area contributed by atoms with Crippen LogP contribution in [0.25, 0.3) is 21.6 Å². The molecule has 2 atom stereocenters. The van der Waals surface area contributed by atoms with Gasteiger partial charge in [0.1, 0.15) is 5.75 Å². The van der Waals surface area contributed by atoms with E-state index in [1.54, 1.807) is 18.3 Å². The number of benzene rings is 1. The van der Waals surface area contributed by atoms with Crippen molar-refractivity contribution in [1.82, 2.24) is 19.8 Å². The summed E-state index contributed by atoms with van der Waals surface area (Å²) in [4.78, 5) is 30.5. The molecule has 0 N–H and O–H groups in total. The molecule has 2 aromatic heterocycles. The molecule has 0 bridgehead atoms. The van der Waals surface area contributed by atoms with Crippen LogP contribution in [0.2, 0.25) is 18.1 Å². The van der Waals surface area contributed by atoms with Crippen molar-refractivity contribution >= 4 is 41.6 Å². The van der Waals surface area contributed by atoms with E-state index >= 15 is 0 Å². The first-order chi connectivity index (χ1) is 19.3. The van der Waals surface area contributed by atoms with E-state index in [1.165, 1.54) is 4.88 Å². The van der Waals surface area contributed by atoms with Gasteiger partial charge in [-0.3, -0.25) is 9.69 Å². The minimum Gasteiger partial charge on any atom is -0.543 e. The zero-order valence-electron chi connectivity index (χ0n) is 25.9. The maximum absolute atomic E-state index is 12.1. The zero-order valence-corrected chi connectivity index (χ0v) is 27.7. The number of nitrogens with zero attached hydrogens (tertiary/aromatic N) is 5. The summed E-state index contributed by atoms with van der Waals surface area (Å²) >= 11 is 1.79. The summed E-state index contributed by atoms with van der Waals surface area (Å²) in [6, 6.07) is 10.9. The second kappa shape index (κ2) is 11.6. The van der Waals surface area contributed by atoms with Crippen LogP contribution in [0.4, 0.5) is 5.82 Å². The lowest BCUT2D eigenvalue weighted by Crippen LogP contribution is -2.57. The van der Waals surface area contributed by atoms with Crippen LogP contribution in [0.1, 0.15) is 46.4 Å². The van der Waals surface area contributed by atoms with Gasteiger partial charge in [0, 0.05) is 62.2 Å². The average Bonchev–Trinajstić information content (AvgIpc) is 3.29. The Kier molecular flexibility index (Phi) is 8.49. The van der Waals surface area contributed by atoms with Crippen molar-refractivity contribution in [2.45, 2.75) is 78.3 Å². The first kappa shape index (κ1) is 29.9. The van der Waals surface area contributed by atoms with Gasteiger partial charge in [-0.05, 0) is 50.2 Å². The molecule has 0 saturated carbocycles. The van der Waals surface area contributed by atoms with E-state index in [0.29, 0.717) is 13.2 Å². The monoisotopic (exact) mass is 595 g/mol. The lowest BCUT2D eigenvalue weighted by Gasteiger charge is -2.44. The number of thiophene rings is 1. The van der Waals surface area contributed by atoms with E-state index in [1.807, 2.05) is 17.0 Å². The topological polar surface area (TPSA) is 71.0 Å². The fourth-order valence-electron chi connectivity index (χ4n) is 5.71. The predicted molar refractivity (Wildman–Crippen MR) is 170 cm³/mol. The average molecular weight is 596 g/mol. The summed E-state index contributed by atoms with van der Waals surface area (Å²) < 4.78 is 13.4. The Hall–Kier alpha value is -2.53. The summed E-state index contributed by atoms with van der Waals surface area (Å²) in [5.74, 6) is 2.75. The van der Waals surface area contributed by atoms with Crippen molar-refractivity contribution in [1.29, 1.82) is 0 Å². The van der Waals surface area contributed by atoms with Crippen molar-refractivity contribution in [3.05, 3.63) is 35.2 Å². The Balaban J connectivity index is 1.47. The number of amides is 1. The summed E-state index contributed by atoms with van der Waals surface area (Å²) in [5.41, 5.74) is 1.95. The van der Waals surface area contributed by atoms with E-state index in [9.17, 15) is 4.79 Å². The van der Waals surface area contributed by atoms with Crippen LogP contribution >= 0.6 is 11.3 Å². The Bertz CT molecular complexity index is 1390. The maximum Gasteiger partial charge on any atom is 0.250 e. The molecular formula is C31H45N5O3SSi. The Morgan fingerprint density at radius 2 is 1.78 bits per heavy atom. The number of morpholine rings is 1. The van der Waals surface area contributed by atoms with E-state index in [2.05, 4.69) is 75.7 Å². The lowest BCUT2D eigenvalue weighted by atomic mass is 10.1. The second-order valence-electron chi connectivity index (χ2n) is 13.1. The van der Waals surface area contributed by atoms with Crippen LogP contribution < -0.4 is 9.33 Å². The number of carbonyl (C=O) groups excluding carboxylic acids is 1. The third-order valence-corrected chi connectivity index (χ3v) is 14.2. The number of anilines is 1. The molecule has 2 fully saturated rings. The van der Waals surface area contributed by atoms with Gasteiger partial charge in [0.15, 0.2) is 11.6 Å². The van der Waals surface area contributed by atoms with Gasteiger partial charge in [0.05, 0.1) is 23.4 Å². The van der Waals surface area contributed by atoms with E-state index in [-0.39, 0.29) is 23.0 Å². The van der Waals surface area contributed by atoms with Crippen molar-refractivity contribution in [3.63, 3.8) is 0 Å². The molecule has 0 aliphatic carbocycles. The van der Waals surface area contributed by atoms with Crippen LogP contribution in [0.5, 0.6) is 5.75 Å². The van der Waals surface area contributed by atoms with Crippen LogP contribution in [-0.4, -0.2) is 85.5 Å². The van der Waals surface area contributed by atoms with Crippen LogP contribution in [0.15, 0.2) is 30.3 Å². The van der Waals surface area contributed by atoms with E-state index in [4.69, 9.17) is 19.1 Å². The van der Waals surface area contributed by atoms with Gasteiger partial charge in [0.2, 0.25) is 14.2 Å². The molecule has 10 heteroatoms. The number of piperazine rings is 1. The number of ether oxygens (including phenoxy) is 1. The van der Waals surface area contributed by atoms with Gasteiger partial charge in [-0.15, -0.1) is 11.3 Å². The number of fused-ring (bicyclic) bond motifs is 1. The molecule has 2 saturated heterocycles. The third kappa shape index (κ3) is 6.45. The van der Waals surface area contributed by atoms with Gasteiger partial charge in [-0.2, -0.15) is 0 Å². The number of carbonyl (C=O) groups is 1. The molecule has 41 heavy (non-hydrogen) atoms. The summed E-state index contributed by atoms with van der Waals surface area (Å²) in [5, 5.41) is 0.114. The van der Waals surface area contributed by atoms with Crippen molar-refractivity contribution in [3.8, 4) is 17.1 Å². The third-order valence-electron chi connectivity index (χ3n) is 8.72. The van der Waals surface area contributed by atoms with Gasteiger partial charge in [0.25, 0.3) is 0 Å². The molecule has 8 nitrogen and oxygen atoms in total. The molecule has 0 radical (unpaired) electrons. The molecule has 222 valence electrons. The SMILES string of the molecule is CC(=O)N1[C@H](C)CN(Cc2cc3nc(-c4cccc(O[Si](C)(C)C(C)(C)C)c4)nc(N4CCOCC4)c3s2)C[C@@H]1C. The summed E-state index contributed by atoms with van der Waals surface area (Å²) in [6.07, 6.45) is 0. The van der Waals surface area contributed by atoms with Gasteiger partial charge >= 0.3 is 0 Å². The largest absolute Gasteiger partial charge is 0.543 e. The number of rotatable bonds is 6. The first-order valence-electron chi connectivity index (χ1n) is 14.8. The quantitative estimate of drug-likeness (QED) is 0.323. The van der Waals surface area contributed by atoms with Crippen molar-refractivity contribution in [2.75, 3.05) is 44.3 Å². The highest BCUT2D eigenvalue weighted by molar-refractivity contribution is 7.19. The minimum absolute atomic E-state index is 0.114. The Morgan fingerprint density at radius 1 is 1.10 bits per heavy atom. The van der Waals surface area contributed by atoms with Crippen LogP contribution in [0, 0.1) is 0 Å². The summed E-state index contributed by atoms with van der Waals surface area (Å²) in [7, 11) is -1.98. The zero-order chi connectivity index (χ0) is 29.5. The Morgan fingerprint density at radius 3 is 2.41 bits per heavy atom. The lowest BCUT2D eigenvalue weighted by molar-refractivity contribution is -0.136. The second-order valence-corrected chi connectivity index (χ2v) is 19.0. The molecule has 2 aliphatic rings. The van der Waals surface area contributed by atoms with Gasteiger partial charge in [-0.25, -0.2) is 9.97 Å². The number of aromatic nitrogens is 2. The molecule has 0 unspecified atom stereocenters. The summed E-state index contributed by atoms with van der Waals surface area (Å²) in [6.45, 7) is 22.9. The molecule has 2 aliphatic heterocycles. The van der Waals surface area contributed by atoms with Gasteiger partial charge < -0.3 is 19.0 Å². The van der Waals surface area contributed by atoms with Crippen molar-refractivity contribution < 1.29 is 14.0 Å². The van der Waals surface area contributed by atoms with Crippen LogP contribution in [0.3, 0.4) is 0 Å². The highest BCUT2D eigenvalue weighted by Gasteiger charge is 2.39. The first-order valence-corrected chi connectivity index (χ1v) is 18.5. The normalized spacial score (nSPS) is 21.0. The highest BCUT2D eigenvalue weighted by Crippen LogP contribution is 2.39. The Labute approximate surface area is 249 Å². The van der Waals surface area contributed by atoms with E-state index in [0.717, 1.165) is 65.9 Å². The fraction of sp³-hybridized carbons (Fsp3) is 0.581. The molecule has 4 heterocycles. The molecule has 5 rings (SSSR count). The number of hydrogen-bond acceptors (Lipinski definition) is 8. The molecule has 1 amide bonds. The van der Waals surface area contributed by atoms with E-state index < -0.39 is 8.32 Å². The molecule has 3 aromatic rings. The van der Waals surface area contributed by atoms with Crippen LogP contribution in [-0.2, 0) is 16.1 Å². The van der Waals surface area contributed by atoms with Crippen molar-refractivity contribution in [2.24, 2.45) is 0 Å². The predicted octanol–water partition coefficient (Wildman–Crippen LogP) is 6.02. The smallest absolute Gasteiger partial charge is 0.250 e. The van der Waals surface area contributed by atoms with Gasteiger partial charge in [-0.1, -0.05) is 32.9 Å². The number of hydrogen-bond donors (Lipinski definition) is 0. The highest BCUT2D eigenvalue weighted by atomic mass is 32.1. The maximum atomic E-state index is 12.1. The minimum atomic E-state index is -1.98.